The minimum atomic E-state index is 0.381. The van der Waals surface area contributed by atoms with E-state index in [0.717, 1.165) is 38.8 Å². The van der Waals surface area contributed by atoms with E-state index in [1.165, 1.54) is 5.56 Å². The number of likely N-dealkylation sites (N-methyl/N-ethyl adjacent to an activating group) is 1. The highest BCUT2D eigenvalue weighted by Crippen LogP contribution is 2.06. The van der Waals surface area contributed by atoms with Gasteiger partial charge in [-0.25, -0.2) is 0 Å². The van der Waals surface area contributed by atoms with E-state index < -0.39 is 0 Å². The molecule has 0 saturated carbocycles. The summed E-state index contributed by atoms with van der Waals surface area (Å²) in [6.07, 6.45) is 3.92. The third-order valence-electron chi connectivity index (χ3n) is 3.31. The average molecular weight is 247 g/mol. The zero-order chi connectivity index (χ0) is 13.2. The average Bonchev–Trinajstić information content (AvgIpc) is 2.42. The summed E-state index contributed by atoms with van der Waals surface area (Å²) in [6.45, 7) is 6.76. The number of carbonyl (C=O) groups is 1. The molecule has 0 aliphatic rings. The number of Topliss-reactive ketones (excluding diaryl/α,β-unsaturated/α-hetero) is 1. The van der Waals surface area contributed by atoms with Gasteiger partial charge in [0.2, 0.25) is 0 Å². The van der Waals surface area contributed by atoms with Crippen LogP contribution in [0.25, 0.3) is 0 Å². The molecule has 0 saturated heterocycles. The molecule has 100 valence electrons. The molecule has 1 aromatic carbocycles. The molecule has 0 unspecified atom stereocenters. The van der Waals surface area contributed by atoms with Crippen LogP contribution < -0.4 is 0 Å². The first-order chi connectivity index (χ1) is 8.76. The quantitative estimate of drug-likeness (QED) is 0.624. The molecule has 0 bridgehead atoms. The number of ketones is 1. The van der Waals surface area contributed by atoms with Crippen LogP contribution in [0.2, 0.25) is 0 Å². The van der Waals surface area contributed by atoms with Crippen molar-refractivity contribution in [3.63, 3.8) is 0 Å². The van der Waals surface area contributed by atoms with E-state index in [9.17, 15) is 4.79 Å². The lowest BCUT2D eigenvalue weighted by atomic mass is 10.1. The number of benzene rings is 1. The Bertz CT molecular complexity index is 330. The second-order valence-electron chi connectivity index (χ2n) is 4.69. The number of aryl methyl sites for hydroxylation is 1. The molecule has 0 spiro atoms. The number of rotatable bonds is 9. The molecule has 18 heavy (non-hydrogen) atoms. The fraction of sp³-hybridized carbons (Fsp3) is 0.562. The second kappa shape index (κ2) is 8.87. The highest BCUT2D eigenvalue weighted by molar-refractivity contribution is 5.80. The van der Waals surface area contributed by atoms with Crippen LogP contribution in [0.1, 0.15) is 38.7 Å². The zero-order valence-electron chi connectivity index (χ0n) is 11.7. The molecule has 0 atom stereocenters. The van der Waals surface area contributed by atoms with Crippen LogP contribution >= 0.6 is 0 Å². The molecule has 0 amide bonds. The largest absolute Gasteiger partial charge is 0.298 e. The normalized spacial score (nSPS) is 10.8. The summed E-state index contributed by atoms with van der Waals surface area (Å²) >= 11 is 0. The van der Waals surface area contributed by atoms with Gasteiger partial charge >= 0.3 is 0 Å². The summed E-state index contributed by atoms with van der Waals surface area (Å²) in [6, 6.07) is 10.5. The standard InChI is InChI=1S/C16H25NO/c1-3-17(4-2)14-16(18)13-9-8-12-15-10-6-5-7-11-15/h5-7,10-11H,3-4,8-9,12-14H2,1-2H3. The molecule has 0 radical (unpaired) electrons. The molecule has 2 nitrogen and oxygen atoms in total. The van der Waals surface area contributed by atoms with E-state index >= 15 is 0 Å². The zero-order valence-corrected chi connectivity index (χ0v) is 11.7. The molecular weight excluding hydrogens is 222 g/mol. The summed E-state index contributed by atoms with van der Waals surface area (Å²) in [5.74, 6) is 0.381. The summed E-state index contributed by atoms with van der Waals surface area (Å²) in [5, 5.41) is 0. The van der Waals surface area contributed by atoms with Gasteiger partial charge in [-0.2, -0.15) is 0 Å². The SMILES string of the molecule is CCN(CC)CC(=O)CCCCc1ccccc1. The molecular formula is C16H25NO. The van der Waals surface area contributed by atoms with Crippen molar-refractivity contribution in [1.82, 2.24) is 4.90 Å². The van der Waals surface area contributed by atoms with Crippen molar-refractivity contribution in [2.45, 2.75) is 39.5 Å². The van der Waals surface area contributed by atoms with Crippen LogP contribution in [-0.4, -0.2) is 30.3 Å². The van der Waals surface area contributed by atoms with Crippen molar-refractivity contribution < 1.29 is 4.79 Å². The maximum atomic E-state index is 11.7. The van der Waals surface area contributed by atoms with Crippen molar-refractivity contribution in [3.8, 4) is 0 Å². The van der Waals surface area contributed by atoms with Crippen molar-refractivity contribution >= 4 is 5.78 Å². The Morgan fingerprint density at radius 2 is 1.72 bits per heavy atom. The van der Waals surface area contributed by atoms with Gasteiger partial charge in [-0.3, -0.25) is 9.69 Å². The summed E-state index contributed by atoms with van der Waals surface area (Å²) in [7, 11) is 0. The van der Waals surface area contributed by atoms with E-state index in [4.69, 9.17) is 0 Å². The van der Waals surface area contributed by atoms with Crippen LogP contribution in [0.5, 0.6) is 0 Å². The molecule has 0 heterocycles. The minimum Gasteiger partial charge on any atom is -0.298 e. The smallest absolute Gasteiger partial charge is 0.146 e. The minimum absolute atomic E-state index is 0.381. The van der Waals surface area contributed by atoms with E-state index in [-0.39, 0.29) is 0 Å². The maximum absolute atomic E-state index is 11.7. The molecule has 0 aromatic heterocycles. The van der Waals surface area contributed by atoms with Gasteiger partial charge in [0.25, 0.3) is 0 Å². The Kier molecular flexibility index (Phi) is 7.35. The molecule has 1 aromatic rings. The van der Waals surface area contributed by atoms with E-state index in [1.54, 1.807) is 0 Å². The van der Waals surface area contributed by atoms with Gasteiger partial charge in [-0.05, 0) is 37.9 Å². The highest BCUT2D eigenvalue weighted by atomic mass is 16.1. The van der Waals surface area contributed by atoms with Crippen LogP contribution in [-0.2, 0) is 11.2 Å². The van der Waals surface area contributed by atoms with Crippen LogP contribution in [0.15, 0.2) is 30.3 Å². The summed E-state index contributed by atoms with van der Waals surface area (Å²) in [5.41, 5.74) is 1.37. The van der Waals surface area contributed by atoms with Crippen molar-refractivity contribution in [2.75, 3.05) is 19.6 Å². The Balaban J connectivity index is 2.12. The Hall–Kier alpha value is -1.15. The molecule has 0 fully saturated rings. The monoisotopic (exact) mass is 247 g/mol. The lowest BCUT2D eigenvalue weighted by molar-refractivity contribution is -0.120. The first-order valence-electron chi connectivity index (χ1n) is 7.04. The fourth-order valence-electron chi connectivity index (χ4n) is 2.07. The van der Waals surface area contributed by atoms with E-state index in [1.807, 2.05) is 6.07 Å². The van der Waals surface area contributed by atoms with Gasteiger partial charge in [-0.15, -0.1) is 0 Å². The van der Waals surface area contributed by atoms with Gasteiger partial charge in [-0.1, -0.05) is 44.2 Å². The highest BCUT2D eigenvalue weighted by Gasteiger charge is 2.06. The third-order valence-corrected chi connectivity index (χ3v) is 3.31. The molecule has 0 N–H and O–H groups in total. The van der Waals surface area contributed by atoms with Gasteiger partial charge in [0.05, 0.1) is 6.54 Å². The predicted molar refractivity (Wildman–Crippen MR) is 76.8 cm³/mol. The van der Waals surface area contributed by atoms with Crippen molar-refractivity contribution in [3.05, 3.63) is 35.9 Å². The van der Waals surface area contributed by atoms with Crippen LogP contribution in [0.4, 0.5) is 0 Å². The van der Waals surface area contributed by atoms with E-state index in [0.29, 0.717) is 12.3 Å². The summed E-state index contributed by atoms with van der Waals surface area (Å²) < 4.78 is 0. The molecule has 0 aliphatic heterocycles. The van der Waals surface area contributed by atoms with Crippen molar-refractivity contribution in [2.24, 2.45) is 0 Å². The van der Waals surface area contributed by atoms with Crippen LogP contribution in [0, 0.1) is 0 Å². The van der Waals surface area contributed by atoms with Gasteiger partial charge in [0.1, 0.15) is 5.78 Å². The topological polar surface area (TPSA) is 20.3 Å². The molecule has 0 aliphatic carbocycles. The maximum Gasteiger partial charge on any atom is 0.146 e. The number of hydrogen-bond acceptors (Lipinski definition) is 2. The first-order valence-corrected chi connectivity index (χ1v) is 7.04. The fourth-order valence-corrected chi connectivity index (χ4v) is 2.07. The Labute approximate surface area is 111 Å². The number of unbranched alkanes of at least 4 members (excludes halogenated alkanes) is 1. The number of nitrogens with zero attached hydrogens (tertiary/aromatic N) is 1. The third kappa shape index (κ3) is 5.97. The van der Waals surface area contributed by atoms with Crippen molar-refractivity contribution in [1.29, 1.82) is 0 Å². The van der Waals surface area contributed by atoms with Crippen LogP contribution in [0.3, 0.4) is 0 Å². The summed E-state index contributed by atoms with van der Waals surface area (Å²) in [4.78, 5) is 13.9. The molecule has 1 rings (SSSR count). The lowest BCUT2D eigenvalue weighted by Gasteiger charge is -2.16. The molecule has 2 heteroatoms. The first kappa shape index (κ1) is 14.9. The van der Waals surface area contributed by atoms with Gasteiger partial charge in [0.15, 0.2) is 0 Å². The van der Waals surface area contributed by atoms with E-state index in [2.05, 4.69) is 43.0 Å². The Morgan fingerprint density at radius 3 is 2.33 bits per heavy atom. The Morgan fingerprint density at radius 1 is 1.06 bits per heavy atom. The lowest BCUT2D eigenvalue weighted by Crippen LogP contribution is -2.29. The number of carbonyl (C=O) groups excluding carboxylic acids is 1. The van der Waals surface area contributed by atoms with Gasteiger partial charge < -0.3 is 0 Å². The second-order valence-corrected chi connectivity index (χ2v) is 4.69. The predicted octanol–water partition coefficient (Wildman–Crippen LogP) is 3.31. The number of hydrogen-bond donors (Lipinski definition) is 0. The van der Waals surface area contributed by atoms with Gasteiger partial charge in [0, 0.05) is 6.42 Å².